The fourth-order valence-corrected chi connectivity index (χ4v) is 4.83. The van der Waals surface area contributed by atoms with Gasteiger partial charge in [-0.1, -0.05) is 0 Å². The monoisotopic (exact) mass is 526 g/mol. The number of carbonyl (C=O) groups is 3. The van der Waals surface area contributed by atoms with Crippen LogP contribution in [0.3, 0.4) is 0 Å². The van der Waals surface area contributed by atoms with Gasteiger partial charge >= 0.3 is 12.0 Å². The Bertz CT molecular complexity index is 1190. The largest absolute Gasteiger partial charge is 0.497 e. The summed E-state index contributed by atoms with van der Waals surface area (Å²) in [6.07, 6.45) is 1.48. The average molecular weight is 527 g/mol. The second-order valence-corrected chi connectivity index (χ2v) is 8.86. The number of ether oxygens (including phenoxy) is 3. The second-order valence-electron chi connectivity index (χ2n) is 8.86. The fraction of sp³-hybridized carbons (Fsp3) is 0.444. The molecule has 1 unspecified atom stereocenters. The lowest BCUT2D eigenvalue weighted by Gasteiger charge is -2.40. The van der Waals surface area contributed by atoms with Gasteiger partial charge in [0, 0.05) is 50.5 Å². The predicted octanol–water partition coefficient (Wildman–Crippen LogP) is 2.66. The van der Waals surface area contributed by atoms with E-state index in [2.05, 4.69) is 10.2 Å². The van der Waals surface area contributed by atoms with E-state index in [4.69, 9.17) is 18.6 Å². The van der Waals surface area contributed by atoms with Crippen LogP contribution in [-0.2, 0) is 9.53 Å². The number of nitrogens with one attached hydrogen (secondary N) is 1. The molecular formula is C27H34N4O7. The molecule has 38 heavy (non-hydrogen) atoms. The van der Waals surface area contributed by atoms with Crippen molar-refractivity contribution in [2.45, 2.75) is 19.9 Å². The van der Waals surface area contributed by atoms with Crippen molar-refractivity contribution in [3.63, 3.8) is 0 Å². The zero-order valence-corrected chi connectivity index (χ0v) is 22.2. The molecule has 11 heteroatoms. The number of methoxy groups -OCH3 is 2. The second kappa shape index (κ2) is 12.0. The normalized spacial score (nSPS) is 18.3. The topological polar surface area (TPSA) is 114 Å². The van der Waals surface area contributed by atoms with Crippen molar-refractivity contribution < 1.29 is 33.0 Å². The molecule has 11 nitrogen and oxygen atoms in total. The highest BCUT2D eigenvalue weighted by atomic mass is 16.5. The van der Waals surface area contributed by atoms with E-state index in [9.17, 15) is 14.4 Å². The number of nitrogens with zero attached hydrogens (tertiary/aromatic N) is 3. The standard InChI is InChI=1S/C27H34N4O7/c1-5-31-20(17-29-11-13-30(14-12-29)25(32)22-8-7-15-38-22)23(26(33)37-6-2)24(28-27(31)34)19-16-18(35-3)9-10-21(19)36-4/h7-10,15-16,24H,5-6,11-14,17H2,1-4H3,(H,28,34). The molecule has 1 saturated heterocycles. The van der Waals surface area contributed by atoms with Crippen molar-refractivity contribution in [2.24, 2.45) is 0 Å². The van der Waals surface area contributed by atoms with Crippen molar-refractivity contribution >= 4 is 17.9 Å². The number of hydrogen-bond acceptors (Lipinski definition) is 8. The maximum atomic E-state index is 13.4. The fourth-order valence-electron chi connectivity index (χ4n) is 4.83. The number of hydrogen-bond donors (Lipinski definition) is 1. The van der Waals surface area contributed by atoms with Crippen molar-refractivity contribution in [3.05, 3.63) is 59.2 Å². The van der Waals surface area contributed by atoms with E-state index in [1.54, 1.807) is 54.2 Å². The van der Waals surface area contributed by atoms with Gasteiger partial charge in [0.15, 0.2) is 5.76 Å². The minimum atomic E-state index is -0.800. The summed E-state index contributed by atoms with van der Waals surface area (Å²) in [6.45, 7) is 6.61. The molecule has 4 rings (SSSR count). The highest BCUT2D eigenvalue weighted by Gasteiger charge is 2.40. The molecule has 2 aromatic rings. The number of benzene rings is 1. The smallest absolute Gasteiger partial charge is 0.338 e. The first-order valence-corrected chi connectivity index (χ1v) is 12.7. The van der Waals surface area contributed by atoms with Crippen molar-refractivity contribution in [3.8, 4) is 11.5 Å². The highest BCUT2D eigenvalue weighted by Crippen LogP contribution is 2.38. The molecule has 0 aliphatic carbocycles. The van der Waals surface area contributed by atoms with Gasteiger partial charge < -0.3 is 28.8 Å². The summed E-state index contributed by atoms with van der Waals surface area (Å²) in [7, 11) is 3.08. The Morgan fingerprint density at radius 2 is 1.84 bits per heavy atom. The Hall–Kier alpha value is -3.99. The van der Waals surface area contributed by atoms with E-state index in [0.29, 0.717) is 73.4 Å². The minimum absolute atomic E-state index is 0.154. The summed E-state index contributed by atoms with van der Waals surface area (Å²) in [6, 6.07) is 7.46. The third kappa shape index (κ3) is 5.47. The van der Waals surface area contributed by atoms with Crippen LogP contribution in [0.1, 0.15) is 36.0 Å². The molecule has 1 aromatic carbocycles. The predicted molar refractivity (Wildman–Crippen MR) is 138 cm³/mol. The molecule has 2 aliphatic heterocycles. The quantitative estimate of drug-likeness (QED) is 0.496. The first-order valence-electron chi connectivity index (χ1n) is 12.7. The molecule has 2 aliphatic rings. The van der Waals surface area contributed by atoms with E-state index in [1.807, 2.05) is 6.92 Å². The third-order valence-corrected chi connectivity index (χ3v) is 6.76. The summed E-state index contributed by atoms with van der Waals surface area (Å²) in [5.41, 5.74) is 1.50. The number of likely N-dealkylation sites (N-methyl/N-ethyl adjacent to an activating group) is 1. The van der Waals surface area contributed by atoms with Crippen LogP contribution < -0.4 is 14.8 Å². The molecule has 3 heterocycles. The van der Waals surface area contributed by atoms with Crippen LogP contribution in [0.4, 0.5) is 4.79 Å². The summed E-state index contributed by atoms with van der Waals surface area (Å²) in [4.78, 5) is 44.8. The number of carbonyl (C=O) groups excluding carboxylic acids is 3. The van der Waals surface area contributed by atoms with E-state index in [-0.39, 0.29) is 18.5 Å². The van der Waals surface area contributed by atoms with E-state index in [0.717, 1.165) is 0 Å². The highest BCUT2D eigenvalue weighted by molar-refractivity contribution is 5.95. The molecule has 0 radical (unpaired) electrons. The van der Waals surface area contributed by atoms with E-state index in [1.165, 1.54) is 13.4 Å². The van der Waals surface area contributed by atoms with Gasteiger partial charge in [0.2, 0.25) is 0 Å². The minimum Gasteiger partial charge on any atom is -0.497 e. The summed E-state index contributed by atoms with van der Waals surface area (Å²) in [5.74, 6) is 0.713. The van der Waals surface area contributed by atoms with Crippen LogP contribution in [0.2, 0.25) is 0 Å². The summed E-state index contributed by atoms with van der Waals surface area (Å²) >= 11 is 0. The van der Waals surface area contributed by atoms with E-state index < -0.39 is 12.0 Å². The Kier molecular flexibility index (Phi) is 8.57. The SMILES string of the molecule is CCOC(=O)C1=C(CN2CCN(C(=O)c3ccco3)CC2)N(CC)C(=O)NC1c1cc(OC)ccc1OC. The lowest BCUT2D eigenvalue weighted by atomic mass is 9.93. The van der Waals surface area contributed by atoms with Gasteiger partial charge in [0.25, 0.3) is 5.91 Å². The molecule has 1 aromatic heterocycles. The van der Waals surface area contributed by atoms with Crippen molar-refractivity contribution in [1.29, 1.82) is 0 Å². The van der Waals surface area contributed by atoms with Gasteiger partial charge in [0.05, 0.1) is 38.7 Å². The first-order chi connectivity index (χ1) is 18.4. The Morgan fingerprint density at radius 3 is 2.45 bits per heavy atom. The average Bonchev–Trinajstić information content (AvgIpc) is 3.48. The van der Waals surface area contributed by atoms with Crippen LogP contribution in [0, 0.1) is 0 Å². The van der Waals surface area contributed by atoms with Crippen LogP contribution in [0.25, 0.3) is 0 Å². The first kappa shape index (κ1) is 27.1. The molecule has 0 spiro atoms. The lowest BCUT2D eigenvalue weighted by Crippen LogP contribution is -2.53. The number of esters is 1. The Morgan fingerprint density at radius 1 is 1.08 bits per heavy atom. The maximum absolute atomic E-state index is 13.4. The molecule has 3 amide bonds. The molecule has 1 N–H and O–H groups in total. The molecular weight excluding hydrogens is 492 g/mol. The third-order valence-electron chi connectivity index (χ3n) is 6.76. The van der Waals surface area contributed by atoms with E-state index >= 15 is 0 Å². The zero-order chi connectivity index (χ0) is 27.2. The van der Waals surface area contributed by atoms with Gasteiger partial charge in [-0.2, -0.15) is 0 Å². The number of piperazine rings is 1. The number of furan rings is 1. The van der Waals surface area contributed by atoms with Gasteiger partial charge in [-0.05, 0) is 44.2 Å². The summed E-state index contributed by atoms with van der Waals surface area (Å²) < 4.78 is 21.7. The van der Waals surface area contributed by atoms with Crippen molar-refractivity contribution in [1.82, 2.24) is 20.0 Å². The number of amides is 3. The van der Waals surface area contributed by atoms with Gasteiger partial charge in [0.1, 0.15) is 11.5 Å². The molecule has 1 atom stereocenters. The lowest BCUT2D eigenvalue weighted by molar-refractivity contribution is -0.139. The van der Waals surface area contributed by atoms with Crippen LogP contribution >= 0.6 is 0 Å². The molecule has 1 fully saturated rings. The molecule has 204 valence electrons. The van der Waals surface area contributed by atoms with Gasteiger partial charge in [-0.25, -0.2) is 9.59 Å². The maximum Gasteiger partial charge on any atom is 0.338 e. The Labute approximate surface area is 221 Å². The Balaban J connectivity index is 1.67. The molecule has 0 bridgehead atoms. The zero-order valence-electron chi connectivity index (χ0n) is 22.2. The van der Waals surface area contributed by atoms with Crippen molar-refractivity contribution in [2.75, 3.05) is 60.1 Å². The summed E-state index contributed by atoms with van der Waals surface area (Å²) in [5, 5.41) is 2.96. The number of rotatable bonds is 9. The van der Waals surface area contributed by atoms with Crippen LogP contribution in [0.15, 0.2) is 52.3 Å². The van der Waals surface area contributed by atoms with Crippen LogP contribution in [0.5, 0.6) is 11.5 Å². The van der Waals surface area contributed by atoms with Gasteiger partial charge in [-0.3, -0.25) is 14.6 Å². The van der Waals surface area contributed by atoms with Crippen LogP contribution in [-0.4, -0.2) is 92.7 Å². The molecule has 0 saturated carbocycles. The van der Waals surface area contributed by atoms with Gasteiger partial charge in [-0.15, -0.1) is 0 Å². The number of urea groups is 1.